The number of carbonyl (C=O) groups is 1. The molecule has 0 fully saturated rings. The number of hydrogen-bond acceptors (Lipinski definition) is 3. The largest absolute Gasteiger partial charge is 0.493 e. The van der Waals surface area contributed by atoms with E-state index in [1.807, 2.05) is 53.4 Å². The second-order valence-electron chi connectivity index (χ2n) is 7.85. The van der Waals surface area contributed by atoms with Crippen LogP contribution in [0.15, 0.2) is 48.5 Å². The fourth-order valence-corrected chi connectivity index (χ4v) is 3.42. The van der Waals surface area contributed by atoms with E-state index in [-0.39, 0.29) is 11.9 Å². The molecule has 0 aliphatic carbocycles. The maximum absolute atomic E-state index is 12.9. The number of carbonyl (C=O) groups excluding carboxylic acids is 1. The predicted molar refractivity (Wildman–Crippen MR) is 123 cm³/mol. The first-order chi connectivity index (χ1) is 14.6. The zero-order valence-corrected chi connectivity index (χ0v) is 19.0. The summed E-state index contributed by atoms with van der Waals surface area (Å²) in [6.45, 7) is 7.51. The molecule has 0 spiro atoms. The van der Waals surface area contributed by atoms with Gasteiger partial charge >= 0.3 is 0 Å². The fraction of sp³-hybridized carbons (Fsp3) is 0.500. The van der Waals surface area contributed by atoms with Crippen LogP contribution in [0.2, 0.25) is 0 Å². The second-order valence-corrected chi connectivity index (χ2v) is 7.85. The summed E-state index contributed by atoms with van der Waals surface area (Å²) in [6.07, 6.45) is 6.02. The van der Waals surface area contributed by atoms with Crippen molar-refractivity contribution in [3.8, 4) is 11.5 Å². The molecular weight excluding hydrogens is 374 g/mol. The molecular formula is C26H37NO3. The Hall–Kier alpha value is -2.49. The topological polar surface area (TPSA) is 38.8 Å². The average Bonchev–Trinajstić information content (AvgIpc) is 2.79. The van der Waals surface area contributed by atoms with E-state index in [0.29, 0.717) is 31.1 Å². The highest BCUT2D eigenvalue weighted by Crippen LogP contribution is 2.30. The molecule has 164 valence electrons. The molecule has 0 N–H and O–H groups in total. The molecule has 2 rings (SSSR count). The van der Waals surface area contributed by atoms with Crippen LogP contribution in [0.3, 0.4) is 0 Å². The van der Waals surface area contributed by atoms with Gasteiger partial charge in [0.05, 0.1) is 7.11 Å². The van der Waals surface area contributed by atoms with Gasteiger partial charge in [-0.25, -0.2) is 0 Å². The Labute approximate surface area is 182 Å². The number of ether oxygens (including phenoxy) is 2. The van der Waals surface area contributed by atoms with Gasteiger partial charge in [0.15, 0.2) is 11.5 Å². The molecule has 0 saturated heterocycles. The summed E-state index contributed by atoms with van der Waals surface area (Å²) in [6, 6.07) is 16.2. The zero-order valence-electron chi connectivity index (χ0n) is 19.0. The number of amides is 1. The molecule has 1 atom stereocenters. The third-order valence-corrected chi connectivity index (χ3v) is 5.51. The Morgan fingerprint density at radius 2 is 1.73 bits per heavy atom. The van der Waals surface area contributed by atoms with Crippen LogP contribution in [0.5, 0.6) is 11.5 Å². The summed E-state index contributed by atoms with van der Waals surface area (Å²) in [5.41, 5.74) is 2.16. The van der Waals surface area contributed by atoms with Crippen molar-refractivity contribution < 1.29 is 14.3 Å². The number of hydrogen-bond donors (Lipinski definition) is 0. The van der Waals surface area contributed by atoms with Gasteiger partial charge in [0.1, 0.15) is 6.61 Å². The van der Waals surface area contributed by atoms with Crippen molar-refractivity contribution in [2.75, 3.05) is 7.11 Å². The molecule has 4 heteroatoms. The molecule has 1 amide bonds. The van der Waals surface area contributed by atoms with Crippen molar-refractivity contribution in [3.05, 3.63) is 59.7 Å². The summed E-state index contributed by atoms with van der Waals surface area (Å²) in [5.74, 6) is 1.65. The van der Waals surface area contributed by atoms with E-state index in [1.165, 1.54) is 12.8 Å². The lowest BCUT2D eigenvalue weighted by molar-refractivity contribution is -0.134. The second kappa shape index (κ2) is 12.9. The molecule has 30 heavy (non-hydrogen) atoms. The summed E-state index contributed by atoms with van der Waals surface area (Å²) in [5, 5.41) is 0. The van der Waals surface area contributed by atoms with Crippen LogP contribution in [0, 0.1) is 0 Å². The van der Waals surface area contributed by atoms with E-state index in [9.17, 15) is 4.79 Å². The lowest BCUT2D eigenvalue weighted by Gasteiger charge is -2.29. The Balaban J connectivity index is 2.09. The van der Waals surface area contributed by atoms with Gasteiger partial charge in [-0.2, -0.15) is 0 Å². The summed E-state index contributed by atoms with van der Waals surface area (Å²) >= 11 is 0. The van der Waals surface area contributed by atoms with E-state index in [0.717, 1.165) is 30.4 Å². The van der Waals surface area contributed by atoms with Crippen molar-refractivity contribution in [1.29, 1.82) is 0 Å². The van der Waals surface area contributed by atoms with Gasteiger partial charge in [-0.1, -0.05) is 69.5 Å². The quantitative estimate of drug-likeness (QED) is 0.359. The van der Waals surface area contributed by atoms with Crippen LogP contribution >= 0.6 is 0 Å². The van der Waals surface area contributed by atoms with Gasteiger partial charge < -0.3 is 14.4 Å². The number of rotatable bonds is 13. The molecule has 0 heterocycles. The monoisotopic (exact) mass is 411 g/mol. The molecule has 2 aromatic rings. The lowest BCUT2D eigenvalue weighted by atomic mass is 10.1. The number of methoxy groups -OCH3 is 1. The van der Waals surface area contributed by atoms with Gasteiger partial charge in [0.2, 0.25) is 5.91 Å². The first kappa shape index (κ1) is 23.8. The van der Waals surface area contributed by atoms with Gasteiger partial charge in [0, 0.05) is 19.0 Å². The third-order valence-electron chi connectivity index (χ3n) is 5.51. The Bertz CT molecular complexity index is 760. The first-order valence-electron chi connectivity index (χ1n) is 11.2. The summed E-state index contributed by atoms with van der Waals surface area (Å²) < 4.78 is 11.5. The van der Waals surface area contributed by atoms with Crippen molar-refractivity contribution in [2.45, 2.75) is 78.5 Å². The Kier molecular flexibility index (Phi) is 10.3. The normalized spacial score (nSPS) is 11.7. The lowest BCUT2D eigenvalue weighted by Crippen LogP contribution is -2.37. The van der Waals surface area contributed by atoms with Crippen LogP contribution in [0.4, 0.5) is 0 Å². The van der Waals surface area contributed by atoms with Gasteiger partial charge in [0.25, 0.3) is 0 Å². The van der Waals surface area contributed by atoms with Gasteiger partial charge in [-0.3, -0.25) is 4.79 Å². The molecule has 0 aromatic heterocycles. The minimum Gasteiger partial charge on any atom is -0.493 e. The number of nitrogens with zero attached hydrogens (tertiary/aromatic N) is 1. The highest BCUT2D eigenvalue weighted by atomic mass is 16.5. The maximum atomic E-state index is 12.9. The minimum atomic E-state index is 0.208. The molecule has 0 saturated carbocycles. The fourth-order valence-electron chi connectivity index (χ4n) is 3.42. The van der Waals surface area contributed by atoms with E-state index in [2.05, 4.69) is 20.8 Å². The van der Waals surface area contributed by atoms with Crippen LogP contribution in [-0.4, -0.2) is 24.0 Å². The number of benzene rings is 2. The number of unbranched alkanes of at least 4 members (excludes halogenated alkanes) is 3. The van der Waals surface area contributed by atoms with Crippen LogP contribution in [0.1, 0.15) is 70.4 Å². The zero-order chi connectivity index (χ0) is 21.8. The predicted octanol–water partition coefficient (Wildman–Crippen LogP) is 6.37. The third kappa shape index (κ3) is 7.40. The van der Waals surface area contributed by atoms with Crippen molar-refractivity contribution in [1.82, 2.24) is 4.90 Å². The molecule has 0 aliphatic rings. The smallest absolute Gasteiger partial charge is 0.223 e. The summed E-state index contributed by atoms with van der Waals surface area (Å²) in [7, 11) is 1.65. The van der Waals surface area contributed by atoms with Crippen molar-refractivity contribution in [2.24, 2.45) is 0 Å². The van der Waals surface area contributed by atoms with E-state index < -0.39 is 0 Å². The minimum absolute atomic E-state index is 0.208. The van der Waals surface area contributed by atoms with Gasteiger partial charge in [-0.15, -0.1) is 0 Å². The molecule has 0 bridgehead atoms. The van der Waals surface area contributed by atoms with E-state index in [4.69, 9.17) is 9.47 Å². The molecule has 2 aromatic carbocycles. The molecule has 1 unspecified atom stereocenters. The highest BCUT2D eigenvalue weighted by molar-refractivity contribution is 5.76. The summed E-state index contributed by atoms with van der Waals surface area (Å²) in [4.78, 5) is 14.9. The van der Waals surface area contributed by atoms with Gasteiger partial charge in [-0.05, 0) is 43.0 Å². The molecule has 0 radical (unpaired) electrons. The first-order valence-corrected chi connectivity index (χ1v) is 11.2. The Morgan fingerprint density at radius 1 is 0.967 bits per heavy atom. The van der Waals surface area contributed by atoms with Crippen molar-refractivity contribution >= 4 is 5.91 Å². The molecule has 4 nitrogen and oxygen atoms in total. The van der Waals surface area contributed by atoms with E-state index >= 15 is 0 Å². The standard InChI is InChI=1S/C26H37NO3/c1-5-7-8-12-15-26(28)27(21(3)6-2)19-23-16-17-24(29-4)25(18-23)30-20-22-13-10-9-11-14-22/h9-11,13-14,16-18,21H,5-8,12,15,19-20H2,1-4H3. The van der Waals surface area contributed by atoms with Crippen LogP contribution in [0.25, 0.3) is 0 Å². The van der Waals surface area contributed by atoms with Crippen molar-refractivity contribution in [3.63, 3.8) is 0 Å². The maximum Gasteiger partial charge on any atom is 0.223 e. The SMILES string of the molecule is CCCCCCC(=O)N(Cc1ccc(OC)c(OCc2ccccc2)c1)C(C)CC. The average molecular weight is 412 g/mol. The highest BCUT2D eigenvalue weighted by Gasteiger charge is 2.19. The van der Waals surface area contributed by atoms with E-state index in [1.54, 1.807) is 7.11 Å². The Morgan fingerprint density at radius 3 is 2.40 bits per heavy atom. The van der Waals surface area contributed by atoms with Crippen LogP contribution in [-0.2, 0) is 17.9 Å². The van der Waals surface area contributed by atoms with Crippen LogP contribution < -0.4 is 9.47 Å². The molecule has 0 aliphatic heterocycles.